The van der Waals surface area contributed by atoms with Crippen LogP contribution < -0.4 is 9.62 Å². The van der Waals surface area contributed by atoms with Crippen molar-refractivity contribution in [1.29, 1.82) is 0 Å². The maximum Gasteiger partial charge on any atom is 0.270 e. The molecule has 158 valence electrons. The normalized spacial score (nSPS) is 16.3. The summed E-state index contributed by atoms with van der Waals surface area (Å²) in [5, 5.41) is 3.04. The Morgan fingerprint density at radius 2 is 1.58 bits per heavy atom. The largest absolute Gasteiger partial charge is 0.360 e. The SMILES string of the molecule is Cc1ccc(CN2c3ccccc3C(=O)C(=CNc3cc(C)ccc3C)S2(=O)=O)cc1. The third-order valence-electron chi connectivity index (χ3n) is 5.41. The number of carbonyl (C=O) groups is 1. The molecule has 0 saturated carbocycles. The summed E-state index contributed by atoms with van der Waals surface area (Å²) in [4.78, 5) is 12.9. The van der Waals surface area contributed by atoms with Crippen molar-refractivity contribution >= 4 is 27.2 Å². The van der Waals surface area contributed by atoms with E-state index in [0.717, 1.165) is 27.9 Å². The Hall–Kier alpha value is -3.38. The standard InChI is InChI=1S/C25H24N2O3S/c1-17-9-12-20(13-10-17)16-27-23-7-5-4-6-21(23)25(28)24(31(27,29)30)15-26-22-14-18(2)8-11-19(22)3/h4-15,26H,16H2,1-3H3. The van der Waals surface area contributed by atoms with Crippen LogP contribution in [-0.4, -0.2) is 14.2 Å². The summed E-state index contributed by atoms with van der Waals surface area (Å²) in [6, 6.07) is 20.4. The zero-order valence-corrected chi connectivity index (χ0v) is 18.5. The summed E-state index contributed by atoms with van der Waals surface area (Å²) in [5.74, 6) is -0.506. The molecule has 1 aliphatic heterocycles. The average molecular weight is 433 g/mol. The van der Waals surface area contributed by atoms with Crippen LogP contribution in [0.1, 0.15) is 32.6 Å². The van der Waals surface area contributed by atoms with E-state index in [1.54, 1.807) is 24.3 Å². The van der Waals surface area contributed by atoms with Crippen LogP contribution in [0.5, 0.6) is 0 Å². The lowest BCUT2D eigenvalue weighted by atomic mass is 10.1. The van der Waals surface area contributed by atoms with Crippen molar-refractivity contribution in [1.82, 2.24) is 0 Å². The molecule has 0 fully saturated rings. The third kappa shape index (κ3) is 3.99. The number of anilines is 2. The first-order chi connectivity index (χ1) is 14.8. The second-order valence-corrected chi connectivity index (χ2v) is 9.65. The number of sulfonamides is 1. The van der Waals surface area contributed by atoms with Crippen molar-refractivity contribution in [2.45, 2.75) is 27.3 Å². The first-order valence-corrected chi connectivity index (χ1v) is 11.5. The topological polar surface area (TPSA) is 66.5 Å². The van der Waals surface area contributed by atoms with Gasteiger partial charge >= 0.3 is 0 Å². The minimum atomic E-state index is -4.05. The number of Topliss-reactive ketones (excluding diaryl/α,β-unsaturated/α-hetero) is 1. The Kier molecular flexibility index (Phi) is 5.41. The van der Waals surface area contributed by atoms with Gasteiger partial charge in [-0.1, -0.05) is 54.1 Å². The lowest BCUT2D eigenvalue weighted by Gasteiger charge is -2.31. The number of rotatable bonds is 4. The zero-order chi connectivity index (χ0) is 22.2. The molecule has 0 unspecified atom stereocenters. The molecule has 0 atom stereocenters. The van der Waals surface area contributed by atoms with Crippen LogP contribution in [0.15, 0.2) is 77.8 Å². The molecule has 4 rings (SSSR count). The molecule has 1 N–H and O–H groups in total. The van der Waals surface area contributed by atoms with Gasteiger partial charge in [-0.05, 0) is 55.7 Å². The molecule has 3 aromatic rings. The number of nitrogens with one attached hydrogen (secondary N) is 1. The Morgan fingerprint density at radius 3 is 2.32 bits per heavy atom. The Morgan fingerprint density at radius 1 is 0.903 bits per heavy atom. The molecular formula is C25H24N2O3S. The Labute approximate surface area is 183 Å². The molecule has 0 saturated heterocycles. The lowest BCUT2D eigenvalue weighted by Crippen LogP contribution is -2.39. The molecule has 1 heterocycles. The molecular weight excluding hydrogens is 408 g/mol. The van der Waals surface area contributed by atoms with Gasteiger partial charge in [0.2, 0.25) is 5.78 Å². The van der Waals surface area contributed by atoms with Crippen molar-refractivity contribution in [3.05, 3.63) is 106 Å². The number of hydrogen-bond donors (Lipinski definition) is 1. The van der Waals surface area contributed by atoms with Crippen LogP contribution in [0, 0.1) is 20.8 Å². The average Bonchev–Trinajstić information content (AvgIpc) is 2.74. The van der Waals surface area contributed by atoms with Gasteiger partial charge in [0.1, 0.15) is 0 Å². The molecule has 31 heavy (non-hydrogen) atoms. The van der Waals surface area contributed by atoms with E-state index in [-0.39, 0.29) is 11.4 Å². The van der Waals surface area contributed by atoms with E-state index in [4.69, 9.17) is 0 Å². The molecule has 0 aromatic heterocycles. The summed E-state index contributed by atoms with van der Waals surface area (Å²) in [6.45, 7) is 6.01. The number of para-hydroxylation sites is 1. The molecule has 0 amide bonds. The molecule has 3 aromatic carbocycles. The Bertz CT molecular complexity index is 1290. The van der Waals surface area contributed by atoms with Crippen LogP contribution in [0.2, 0.25) is 0 Å². The lowest BCUT2D eigenvalue weighted by molar-refractivity contribution is 0.104. The first-order valence-electron chi connectivity index (χ1n) is 10.0. The van der Waals surface area contributed by atoms with Gasteiger partial charge in [-0.3, -0.25) is 9.10 Å². The smallest absolute Gasteiger partial charge is 0.270 e. The van der Waals surface area contributed by atoms with Crippen LogP contribution in [0.25, 0.3) is 0 Å². The zero-order valence-electron chi connectivity index (χ0n) is 17.7. The minimum absolute atomic E-state index is 0.147. The van der Waals surface area contributed by atoms with Gasteiger partial charge < -0.3 is 5.32 Å². The number of nitrogens with zero attached hydrogens (tertiary/aromatic N) is 1. The molecule has 5 nitrogen and oxygen atoms in total. The molecule has 1 aliphatic rings. The van der Waals surface area contributed by atoms with E-state index >= 15 is 0 Å². The second kappa shape index (κ2) is 8.04. The highest BCUT2D eigenvalue weighted by atomic mass is 32.2. The van der Waals surface area contributed by atoms with Crippen LogP contribution in [0.4, 0.5) is 11.4 Å². The predicted molar refractivity (Wildman–Crippen MR) is 125 cm³/mol. The van der Waals surface area contributed by atoms with Gasteiger partial charge in [0, 0.05) is 17.5 Å². The summed E-state index contributed by atoms with van der Waals surface area (Å²) < 4.78 is 28.4. The van der Waals surface area contributed by atoms with Crippen molar-refractivity contribution in [3.63, 3.8) is 0 Å². The highest BCUT2D eigenvalue weighted by Gasteiger charge is 2.40. The monoisotopic (exact) mass is 432 g/mol. The van der Waals surface area contributed by atoms with E-state index in [9.17, 15) is 13.2 Å². The van der Waals surface area contributed by atoms with Gasteiger partial charge in [0.15, 0.2) is 4.91 Å². The fourth-order valence-electron chi connectivity index (χ4n) is 3.59. The van der Waals surface area contributed by atoms with Crippen LogP contribution in [-0.2, 0) is 16.6 Å². The summed E-state index contributed by atoms with van der Waals surface area (Å²) in [7, 11) is -4.05. The van der Waals surface area contributed by atoms with Gasteiger partial charge in [0.25, 0.3) is 10.0 Å². The number of aryl methyl sites for hydroxylation is 3. The number of fused-ring (bicyclic) bond motifs is 1. The fourth-order valence-corrected chi connectivity index (χ4v) is 5.11. The highest BCUT2D eigenvalue weighted by Crippen LogP contribution is 2.36. The van der Waals surface area contributed by atoms with Gasteiger partial charge in [-0.25, -0.2) is 8.42 Å². The number of hydrogen-bond acceptors (Lipinski definition) is 4. The van der Waals surface area contributed by atoms with Crippen molar-refractivity contribution in [3.8, 4) is 0 Å². The summed E-state index contributed by atoms with van der Waals surface area (Å²) >= 11 is 0. The predicted octanol–water partition coefficient (Wildman–Crippen LogP) is 5.10. The molecule has 0 aliphatic carbocycles. The molecule has 0 bridgehead atoms. The molecule has 0 radical (unpaired) electrons. The van der Waals surface area contributed by atoms with Gasteiger partial charge in [0.05, 0.1) is 12.2 Å². The van der Waals surface area contributed by atoms with Crippen molar-refractivity contribution in [2.75, 3.05) is 9.62 Å². The van der Waals surface area contributed by atoms with Crippen molar-refractivity contribution < 1.29 is 13.2 Å². The molecule has 6 heteroatoms. The maximum atomic E-state index is 13.5. The van der Waals surface area contributed by atoms with E-state index in [2.05, 4.69) is 5.32 Å². The number of allylic oxidation sites excluding steroid dienone is 1. The van der Waals surface area contributed by atoms with E-state index in [1.165, 1.54) is 10.5 Å². The first kappa shape index (κ1) is 20.9. The number of benzene rings is 3. The number of ketones is 1. The Balaban J connectivity index is 1.79. The second-order valence-electron chi connectivity index (χ2n) is 7.81. The minimum Gasteiger partial charge on any atom is -0.360 e. The number of carbonyl (C=O) groups excluding carboxylic acids is 1. The van der Waals surface area contributed by atoms with Gasteiger partial charge in [-0.2, -0.15) is 0 Å². The summed E-state index contributed by atoms with van der Waals surface area (Å²) in [5.41, 5.74) is 5.48. The molecule has 0 spiro atoms. The van der Waals surface area contributed by atoms with Crippen molar-refractivity contribution in [2.24, 2.45) is 0 Å². The van der Waals surface area contributed by atoms with E-state index < -0.39 is 15.8 Å². The van der Waals surface area contributed by atoms with E-state index in [0.29, 0.717) is 11.3 Å². The van der Waals surface area contributed by atoms with Crippen LogP contribution >= 0.6 is 0 Å². The summed E-state index contributed by atoms with van der Waals surface area (Å²) in [6.07, 6.45) is 1.32. The van der Waals surface area contributed by atoms with Crippen LogP contribution in [0.3, 0.4) is 0 Å². The fraction of sp³-hybridized carbons (Fsp3) is 0.160. The van der Waals surface area contributed by atoms with Gasteiger partial charge in [-0.15, -0.1) is 0 Å². The highest BCUT2D eigenvalue weighted by molar-refractivity contribution is 7.97. The maximum absolute atomic E-state index is 13.5. The quantitative estimate of drug-likeness (QED) is 0.583. The third-order valence-corrected chi connectivity index (χ3v) is 7.17. The van der Waals surface area contributed by atoms with E-state index in [1.807, 2.05) is 63.2 Å².